The van der Waals surface area contributed by atoms with Crippen LogP contribution in [0.25, 0.3) is 22.2 Å². The van der Waals surface area contributed by atoms with E-state index >= 15 is 0 Å². The second kappa shape index (κ2) is 8.92. The van der Waals surface area contributed by atoms with Gasteiger partial charge in [-0.1, -0.05) is 86.6 Å². The number of hydrogen-bond acceptors (Lipinski definition) is 4. The predicted molar refractivity (Wildman–Crippen MR) is 122 cm³/mol. The lowest BCUT2D eigenvalue weighted by Crippen LogP contribution is -2.14. The summed E-state index contributed by atoms with van der Waals surface area (Å²) < 4.78 is 5.38. The van der Waals surface area contributed by atoms with Gasteiger partial charge in [-0.05, 0) is 23.6 Å². The third kappa shape index (κ3) is 4.53. The lowest BCUT2D eigenvalue weighted by molar-refractivity contribution is 0.0476. The fourth-order valence-corrected chi connectivity index (χ4v) is 3.45. The Morgan fingerprint density at radius 2 is 1.55 bits per heavy atom. The quantitative estimate of drug-likeness (QED) is 0.287. The highest BCUT2D eigenvalue weighted by atomic mass is 16.5. The normalized spacial score (nSPS) is 10.9. The van der Waals surface area contributed by atoms with Gasteiger partial charge in [0.05, 0.1) is 16.8 Å². The Bertz CT molecular complexity index is 1230. The highest BCUT2D eigenvalue weighted by molar-refractivity contribution is 6.06. The smallest absolute Gasteiger partial charge is 0.339 e. The Labute approximate surface area is 181 Å². The third-order valence-corrected chi connectivity index (χ3v) is 5.24. The lowest BCUT2D eigenvalue weighted by Gasteiger charge is -2.11. The molecule has 4 aromatic rings. The van der Waals surface area contributed by atoms with Crippen LogP contribution in [0.3, 0.4) is 0 Å². The van der Waals surface area contributed by atoms with Gasteiger partial charge in [0, 0.05) is 16.5 Å². The van der Waals surface area contributed by atoms with Crippen molar-refractivity contribution >= 4 is 22.7 Å². The summed E-state index contributed by atoms with van der Waals surface area (Å²) in [5.41, 5.74) is 4.47. The summed E-state index contributed by atoms with van der Waals surface area (Å²) in [6.07, 6.45) is 0. The molecule has 0 unspecified atom stereocenters. The summed E-state index contributed by atoms with van der Waals surface area (Å²) in [5.74, 6) is -0.342. The van der Waals surface area contributed by atoms with E-state index in [-0.39, 0.29) is 12.4 Å². The van der Waals surface area contributed by atoms with Crippen molar-refractivity contribution in [2.45, 2.75) is 19.8 Å². The molecule has 0 aliphatic rings. The Balaban J connectivity index is 1.64. The van der Waals surface area contributed by atoms with Crippen molar-refractivity contribution in [3.8, 4) is 11.3 Å². The van der Waals surface area contributed by atoms with Crippen molar-refractivity contribution in [1.82, 2.24) is 4.98 Å². The van der Waals surface area contributed by atoms with Crippen LogP contribution in [-0.2, 0) is 4.74 Å². The van der Waals surface area contributed by atoms with Crippen molar-refractivity contribution < 1.29 is 14.3 Å². The standard InChI is InChI=1S/C27H23NO3/c1-18(2)19-12-14-20(15-13-19)25-16-23(22-10-6-7-11-24(22)28-25)27(30)31-17-26(29)21-8-4-3-5-9-21/h3-16,18H,17H2,1-2H3. The van der Waals surface area contributed by atoms with Gasteiger partial charge in [0.2, 0.25) is 0 Å². The first kappa shape index (κ1) is 20.5. The Morgan fingerprint density at radius 1 is 0.871 bits per heavy atom. The highest BCUT2D eigenvalue weighted by Gasteiger charge is 2.17. The topological polar surface area (TPSA) is 56.3 Å². The minimum atomic E-state index is -0.539. The molecule has 0 atom stereocenters. The van der Waals surface area contributed by atoms with E-state index in [9.17, 15) is 9.59 Å². The number of ketones is 1. The molecule has 1 heterocycles. The van der Waals surface area contributed by atoms with Crippen LogP contribution in [0.5, 0.6) is 0 Å². The summed E-state index contributed by atoms with van der Waals surface area (Å²) in [7, 11) is 0. The number of ether oxygens (including phenoxy) is 1. The number of esters is 1. The van der Waals surface area contributed by atoms with E-state index in [1.807, 2.05) is 42.5 Å². The lowest BCUT2D eigenvalue weighted by atomic mass is 9.99. The maximum absolute atomic E-state index is 12.9. The number of carbonyl (C=O) groups is 2. The summed E-state index contributed by atoms with van der Waals surface area (Å²) in [6.45, 7) is 3.99. The molecule has 0 saturated heterocycles. The Morgan fingerprint density at radius 3 is 2.26 bits per heavy atom. The molecular formula is C27H23NO3. The van der Waals surface area contributed by atoms with Crippen molar-refractivity contribution in [3.05, 3.63) is 102 Å². The van der Waals surface area contributed by atoms with Crippen molar-refractivity contribution in [2.24, 2.45) is 0 Å². The molecule has 4 heteroatoms. The van der Waals surface area contributed by atoms with Crippen LogP contribution in [0, 0.1) is 0 Å². The van der Waals surface area contributed by atoms with E-state index in [0.717, 1.165) is 5.56 Å². The van der Waals surface area contributed by atoms with E-state index in [1.165, 1.54) is 5.56 Å². The maximum atomic E-state index is 12.9. The number of para-hydroxylation sites is 1. The molecule has 0 radical (unpaired) electrons. The molecular weight excluding hydrogens is 386 g/mol. The van der Waals surface area contributed by atoms with Gasteiger partial charge in [-0.3, -0.25) is 4.79 Å². The zero-order valence-corrected chi connectivity index (χ0v) is 17.5. The van der Waals surface area contributed by atoms with E-state index in [4.69, 9.17) is 9.72 Å². The zero-order valence-electron chi connectivity index (χ0n) is 17.5. The number of benzene rings is 3. The van der Waals surface area contributed by atoms with Gasteiger partial charge in [-0.25, -0.2) is 9.78 Å². The van der Waals surface area contributed by atoms with Crippen molar-refractivity contribution in [2.75, 3.05) is 6.61 Å². The van der Waals surface area contributed by atoms with Crippen LogP contribution in [0.1, 0.15) is 46.0 Å². The summed E-state index contributed by atoms with van der Waals surface area (Å²) in [5, 5.41) is 0.696. The molecule has 0 fully saturated rings. The van der Waals surface area contributed by atoms with Gasteiger partial charge >= 0.3 is 5.97 Å². The summed E-state index contributed by atoms with van der Waals surface area (Å²) in [4.78, 5) is 30.0. The summed E-state index contributed by atoms with van der Waals surface area (Å²) in [6, 6.07) is 26.2. The fourth-order valence-electron chi connectivity index (χ4n) is 3.45. The monoisotopic (exact) mass is 409 g/mol. The molecule has 154 valence electrons. The SMILES string of the molecule is CC(C)c1ccc(-c2cc(C(=O)OCC(=O)c3ccccc3)c3ccccc3n2)cc1. The fraction of sp³-hybridized carbons (Fsp3) is 0.148. The molecule has 0 saturated carbocycles. The number of nitrogens with zero attached hydrogens (tertiary/aromatic N) is 1. The number of hydrogen-bond donors (Lipinski definition) is 0. The first-order valence-corrected chi connectivity index (χ1v) is 10.3. The zero-order chi connectivity index (χ0) is 21.8. The number of Topliss-reactive ketones (excluding diaryl/α,β-unsaturated/α-hetero) is 1. The van der Waals surface area contributed by atoms with E-state index < -0.39 is 5.97 Å². The average molecular weight is 409 g/mol. The van der Waals surface area contributed by atoms with Gasteiger partial charge in [-0.15, -0.1) is 0 Å². The van der Waals surface area contributed by atoms with Crippen molar-refractivity contribution in [3.63, 3.8) is 0 Å². The molecule has 0 aliphatic heterocycles. The van der Waals surface area contributed by atoms with Crippen LogP contribution in [0.15, 0.2) is 84.9 Å². The van der Waals surface area contributed by atoms with Gasteiger partial charge < -0.3 is 4.74 Å². The van der Waals surface area contributed by atoms with Crippen LogP contribution >= 0.6 is 0 Å². The van der Waals surface area contributed by atoms with Gasteiger partial charge in [0.15, 0.2) is 12.4 Å². The molecule has 0 spiro atoms. The Kier molecular flexibility index (Phi) is 5.89. The molecule has 31 heavy (non-hydrogen) atoms. The molecule has 0 aliphatic carbocycles. The number of carbonyl (C=O) groups excluding carboxylic acids is 2. The number of aromatic nitrogens is 1. The molecule has 0 amide bonds. The largest absolute Gasteiger partial charge is 0.454 e. The number of rotatable bonds is 6. The first-order valence-electron chi connectivity index (χ1n) is 10.3. The molecule has 4 nitrogen and oxygen atoms in total. The third-order valence-electron chi connectivity index (χ3n) is 5.24. The molecule has 4 rings (SSSR count). The molecule has 1 aromatic heterocycles. The second-order valence-corrected chi connectivity index (χ2v) is 7.71. The molecule has 3 aromatic carbocycles. The highest BCUT2D eigenvalue weighted by Crippen LogP contribution is 2.27. The first-order chi connectivity index (χ1) is 15.0. The number of fused-ring (bicyclic) bond motifs is 1. The van der Waals surface area contributed by atoms with Crippen molar-refractivity contribution in [1.29, 1.82) is 0 Å². The average Bonchev–Trinajstić information content (AvgIpc) is 2.82. The van der Waals surface area contributed by atoms with Gasteiger partial charge in [0.25, 0.3) is 0 Å². The molecule has 0 N–H and O–H groups in total. The number of pyridine rings is 1. The summed E-state index contributed by atoms with van der Waals surface area (Å²) >= 11 is 0. The van der Waals surface area contributed by atoms with Crippen LogP contribution in [0.4, 0.5) is 0 Å². The molecule has 0 bridgehead atoms. The van der Waals surface area contributed by atoms with E-state index in [1.54, 1.807) is 30.3 Å². The maximum Gasteiger partial charge on any atom is 0.339 e. The predicted octanol–water partition coefficient (Wildman–Crippen LogP) is 6.06. The minimum Gasteiger partial charge on any atom is -0.454 e. The Hall–Kier alpha value is -3.79. The second-order valence-electron chi connectivity index (χ2n) is 7.71. The van der Waals surface area contributed by atoms with E-state index in [0.29, 0.717) is 33.6 Å². The van der Waals surface area contributed by atoms with Gasteiger partial charge in [0.1, 0.15) is 0 Å². The van der Waals surface area contributed by atoms with Crippen LogP contribution in [0.2, 0.25) is 0 Å². The van der Waals surface area contributed by atoms with E-state index in [2.05, 4.69) is 26.0 Å². The van der Waals surface area contributed by atoms with Crippen LogP contribution in [-0.4, -0.2) is 23.3 Å². The van der Waals surface area contributed by atoms with Crippen LogP contribution < -0.4 is 0 Å². The van der Waals surface area contributed by atoms with Gasteiger partial charge in [-0.2, -0.15) is 0 Å². The minimum absolute atomic E-state index is 0.239.